The van der Waals surface area contributed by atoms with Gasteiger partial charge in [0.2, 0.25) is 0 Å². The van der Waals surface area contributed by atoms with Crippen LogP contribution in [0, 0.1) is 0 Å². The van der Waals surface area contributed by atoms with Crippen LogP contribution in [0.5, 0.6) is 0 Å². The van der Waals surface area contributed by atoms with Gasteiger partial charge in [0.25, 0.3) is 0 Å². The fourth-order valence-corrected chi connectivity index (χ4v) is 3.45. The Hall–Kier alpha value is -1.60. The zero-order valence-electron chi connectivity index (χ0n) is 12.9. The molecule has 1 atom stereocenters. The molecule has 110 valence electrons. The second kappa shape index (κ2) is 6.91. The molecular weight excluding hydrogens is 254 g/mol. The summed E-state index contributed by atoms with van der Waals surface area (Å²) in [7, 11) is 0. The molecule has 0 bridgehead atoms. The zero-order valence-corrected chi connectivity index (χ0v) is 12.9. The summed E-state index contributed by atoms with van der Waals surface area (Å²) < 4.78 is 0. The van der Waals surface area contributed by atoms with Crippen LogP contribution >= 0.6 is 0 Å². The first-order valence-corrected chi connectivity index (χ1v) is 8.27. The van der Waals surface area contributed by atoms with E-state index in [1.165, 1.54) is 42.0 Å². The standard InChI is InChI=1S/C20H25N/c1-2-21-20(15-16-9-4-3-5-10-16)19-14-8-12-17-11-6-7-13-18(17)19/h6-9,11-14,20-21H,2-5,10,15H2,1H3. The van der Waals surface area contributed by atoms with Crippen LogP contribution in [0.15, 0.2) is 54.1 Å². The maximum atomic E-state index is 3.70. The molecule has 0 radical (unpaired) electrons. The predicted octanol–water partition coefficient (Wildman–Crippen LogP) is 5.38. The zero-order chi connectivity index (χ0) is 14.5. The van der Waals surface area contributed by atoms with Crippen molar-refractivity contribution in [3.05, 3.63) is 59.7 Å². The Morgan fingerprint density at radius 2 is 1.90 bits per heavy atom. The quantitative estimate of drug-likeness (QED) is 0.724. The van der Waals surface area contributed by atoms with Gasteiger partial charge in [0.15, 0.2) is 0 Å². The van der Waals surface area contributed by atoms with Crippen LogP contribution < -0.4 is 5.32 Å². The molecular formula is C20H25N. The molecule has 0 heterocycles. The number of hydrogen-bond donors (Lipinski definition) is 1. The van der Waals surface area contributed by atoms with Crippen molar-refractivity contribution in [2.24, 2.45) is 0 Å². The van der Waals surface area contributed by atoms with Crippen LogP contribution in [0.2, 0.25) is 0 Å². The molecule has 0 aliphatic heterocycles. The topological polar surface area (TPSA) is 12.0 Å². The van der Waals surface area contributed by atoms with E-state index in [2.05, 4.69) is 60.8 Å². The van der Waals surface area contributed by atoms with Crippen molar-refractivity contribution in [1.29, 1.82) is 0 Å². The van der Waals surface area contributed by atoms with Crippen molar-refractivity contribution in [2.45, 2.75) is 45.1 Å². The first-order chi connectivity index (χ1) is 10.4. The lowest BCUT2D eigenvalue weighted by Gasteiger charge is -2.23. The van der Waals surface area contributed by atoms with Crippen LogP contribution in [-0.2, 0) is 0 Å². The maximum Gasteiger partial charge on any atom is 0.0363 e. The van der Waals surface area contributed by atoms with E-state index in [-0.39, 0.29) is 0 Å². The molecule has 1 nitrogen and oxygen atoms in total. The van der Waals surface area contributed by atoms with Crippen LogP contribution in [0.4, 0.5) is 0 Å². The second-order valence-electron chi connectivity index (χ2n) is 5.99. The third kappa shape index (κ3) is 3.36. The Balaban J connectivity index is 1.93. The average molecular weight is 279 g/mol. The van der Waals surface area contributed by atoms with Gasteiger partial charge in [0.1, 0.15) is 0 Å². The SMILES string of the molecule is CCNC(CC1=CCCCC1)c1cccc2ccccc12. The minimum absolute atomic E-state index is 0.436. The number of rotatable bonds is 5. The lowest BCUT2D eigenvalue weighted by atomic mass is 9.89. The molecule has 0 amide bonds. The number of fused-ring (bicyclic) bond motifs is 1. The van der Waals surface area contributed by atoms with E-state index in [4.69, 9.17) is 0 Å². The molecule has 1 heteroatoms. The Kier molecular flexibility index (Phi) is 4.72. The highest BCUT2D eigenvalue weighted by molar-refractivity contribution is 5.86. The van der Waals surface area contributed by atoms with Gasteiger partial charge < -0.3 is 5.32 Å². The minimum Gasteiger partial charge on any atom is -0.310 e. The van der Waals surface area contributed by atoms with Crippen LogP contribution in [-0.4, -0.2) is 6.54 Å². The monoisotopic (exact) mass is 279 g/mol. The smallest absolute Gasteiger partial charge is 0.0363 e. The normalized spacial score (nSPS) is 16.7. The van der Waals surface area contributed by atoms with Gasteiger partial charge in [-0.1, -0.05) is 61.0 Å². The molecule has 1 aliphatic carbocycles. The van der Waals surface area contributed by atoms with Gasteiger partial charge in [-0.2, -0.15) is 0 Å². The molecule has 0 saturated heterocycles. The summed E-state index contributed by atoms with van der Waals surface area (Å²) in [5.74, 6) is 0. The van der Waals surface area contributed by atoms with E-state index in [9.17, 15) is 0 Å². The highest BCUT2D eigenvalue weighted by atomic mass is 14.9. The molecule has 0 spiro atoms. The van der Waals surface area contributed by atoms with Gasteiger partial charge in [-0.05, 0) is 55.0 Å². The number of nitrogens with one attached hydrogen (secondary N) is 1. The fourth-order valence-electron chi connectivity index (χ4n) is 3.45. The maximum absolute atomic E-state index is 3.70. The Bertz CT molecular complexity index is 621. The molecule has 2 aromatic rings. The van der Waals surface area contributed by atoms with E-state index in [1.807, 2.05) is 0 Å². The van der Waals surface area contributed by atoms with Crippen molar-refractivity contribution in [3.8, 4) is 0 Å². The first kappa shape index (κ1) is 14.3. The van der Waals surface area contributed by atoms with Crippen molar-refractivity contribution in [3.63, 3.8) is 0 Å². The van der Waals surface area contributed by atoms with E-state index in [1.54, 1.807) is 5.57 Å². The predicted molar refractivity (Wildman–Crippen MR) is 91.5 cm³/mol. The van der Waals surface area contributed by atoms with E-state index < -0.39 is 0 Å². The Morgan fingerprint density at radius 3 is 2.71 bits per heavy atom. The molecule has 0 fully saturated rings. The van der Waals surface area contributed by atoms with Gasteiger partial charge in [-0.25, -0.2) is 0 Å². The summed E-state index contributed by atoms with van der Waals surface area (Å²) >= 11 is 0. The summed E-state index contributed by atoms with van der Waals surface area (Å²) in [6.07, 6.45) is 8.90. The Labute approximate surface area is 128 Å². The largest absolute Gasteiger partial charge is 0.310 e. The summed E-state index contributed by atoms with van der Waals surface area (Å²) in [5.41, 5.74) is 3.08. The number of benzene rings is 2. The third-order valence-corrected chi connectivity index (χ3v) is 4.50. The van der Waals surface area contributed by atoms with Crippen LogP contribution in [0.25, 0.3) is 10.8 Å². The van der Waals surface area contributed by atoms with E-state index in [0.717, 1.165) is 13.0 Å². The summed E-state index contributed by atoms with van der Waals surface area (Å²) in [5, 5.41) is 6.43. The van der Waals surface area contributed by atoms with Crippen LogP contribution in [0.1, 0.15) is 50.6 Å². The van der Waals surface area contributed by atoms with Crippen molar-refractivity contribution in [1.82, 2.24) is 5.32 Å². The number of hydrogen-bond acceptors (Lipinski definition) is 1. The van der Waals surface area contributed by atoms with E-state index in [0.29, 0.717) is 6.04 Å². The third-order valence-electron chi connectivity index (χ3n) is 4.50. The van der Waals surface area contributed by atoms with Crippen molar-refractivity contribution >= 4 is 10.8 Å². The molecule has 0 saturated carbocycles. The van der Waals surface area contributed by atoms with Gasteiger partial charge in [0.05, 0.1) is 0 Å². The molecule has 21 heavy (non-hydrogen) atoms. The first-order valence-electron chi connectivity index (χ1n) is 8.27. The summed E-state index contributed by atoms with van der Waals surface area (Å²) in [6, 6.07) is 15.9. The molecule has 1 N–H and O–H groups in total. The highest BCUT2D eigenvalue weighted by Crippen LogP contribution is 2.31. The lowest BCUT2D eigenvalue weighted by molar-refractivity contribution is 0.530. The summed E-state index contributed by atoms with van der Waals surface area (Å²) in [4.78, 5) is 0. The van der Waals surface area contributed by atoms with Gasteiger partial charge in [0, 0.05) is 6.04 Å². The highest BCUT2D eigenvalue weighted by Gasteiger charge is 2.16. The van der Waals surface area contributed by atoms with Gasteiger partial charge in [-0.3, -0.25) is 0 Å². The number of allylic oxidation sites excluding steroid dienone is 1. The van der Waals surface area contributed by atoms with Gasteiger partial charge >= 0.3 is 0 Å². The van der Waals surface area contributed by atoms with Crippen molar-refractivity contribution in [2.75, 3.05) is 6.54 Å². The van der Waals surface area contributed by atoms with Gasteiger partial charge in [-0.15, -0.1) is 0 Å². The Morgan fingerprint density at radius 1 is 1.05 bits per heavy atom. The second-order valence-corrected chi connectivity index (χ2v) is 5.99. The fraction of sp³-hybridized carbons (Fsp3) is 0.400. The molecule has 3 rings (SSSR count). The lowest BCUT2D eigenvalue weighted by Crippen LogP contribution is -2.22. The van der Waals surface area contributed by atoms with Crippen LogP contribution in [0.3, 0.4) is 0 Å². The molecule has 1 aliphatic rings. The summed E-state index contributed by atoms with van der Waals surface area (Å²) in [6.45, 7) is 3.22. The average Bonchev–Trinajstić information content (AvgIpc) is 2.55. The molecule has 0 aromatic heterocycles. The molecule has 1 unspecified atom stereocenters. The minimum atomic E-state index is 0.436. The van der Waals surface area contributed by atoms with E-state index >= 15 is 0 Å². The molecule has 2 aromatic carbocycles. The van der Waals surface area contributed by atoms with Crippen molar-refractivity contribution < 1.29 is 0 Å².